The molecule has 1 aromatic rings. The van der Waals surface area contributed by atoms with Crippen molar-refractivity contribution in [3.05, 3.63) is 41.0 Å². The van der Waals surface area contributed by atoms with Crippen LogP contribution in [0.25, 0.3) is 5.57 Å². The molecule has 0 spiro atoms. The second kappa shape index (κ2) is 3.47. The van der Waals surface area contributed by atoms with E-state index in [4.69, 9.17) is 4.74 Å². The van der Waals surface area contributed by atoms with Gasteiger partial charge in [0, 0.05) is 5.92 Å². The van der Waals surface area contributed by atoms with Crippen LogP contribution >= 0.6 is 0 Å². The number of aryl methyl sites for hydroxylation is 1. The lowest BCUT2D eigenvalue weighted by Gasteiger charge is -2.13. The van der Waals surface area contributed by atoms with Crippen molar-refractivity contribution in [2.75, 3.05) is 6.61 Å². The van der Waals surface area contributed by atoms with Crippen LogP contribution in [0.15, 0.2) is 24.3 Å². The van der Waals surface area contributed by atoms with Crippen molar-refractivity contribution in [1.29, 1.82) is 0 Å². The van der Waals surface area contributed by atoms with Gasteiger partial charge in [-0.2, -0.15) is 0 Å². The standard InChI is InChI=1S/C16H16O2/c1-2-18-16(17)15-12-8-10-7-6-9-4-3-5-11(13(9)10)14(12)15/h3-5,8,12,14-15H,2,6-7H2,1H3/t12-,14+,15-/m1/s1. The van der Waals surface area contributed by atoms with Gasteiger partial charge < -0.3 is 4.74 Å². The molecule has 1 saturated carbocycles. The number of benzene rings is 1. The molecule has 0 radical (unpaired) electrons. The molecule has 3 aliphatic carbocycles. The predicted octanol–water partition coefficient (Wildman–Crippen LogP) is 2.92. The van der Waals surface area contributed by atoms with Crippen LogP contribution in [0, 0.1) is 11.8 Å². The summed E-state index contributed by atoms with van der Waals surface area (Å²) < 4.78 is 5.19. The lowest BCUT2D eigenvalue weighted by Crippen LogP contribution is -2.08. The molecule has 0 saturated heterocycles. The summed E-state index contributed by atoms with van der Waals surface area (Å²) in [7, 11) is 0. The molecule has 0 N–H and O–H groups in total. The predicted molar refractivity (Wildman–Crippen MR) is 69.1 cm³/mol. The number of carbonyl (C=O) groups is 1. The van der Waals surface area contributed by atoms with Gasteiger partial charge >= 0.3 is 5.97 Å². The van der Waals surface area contributed by atoms with E-state index in [0.29, 0.717) is 18.4 Å². The Balaban J connectivity index is 1.76. The van der Waals surface area contributed by atoms with Gasteiger partial charge in [-0.1, -0.05) is 24.3 Å². The van der Waals surface area contributed by atoms with Crippen molar-refractivity contribution in [2.45, 2.75) is 25.7 Å². The molecule has 1 aromatic carbocycles. The van der Waals surface area contributed by atoms with E-state index >= 15 is 0 Å². The molecule has 0 amide bonds. The average molecular weight is 240 g/mol. The van der Waals surface area contributed by atoms with Crippen LogP contribution < -0.4 is 0 Å². The van der Waals surface area contributed by atoms with E-state index in [1.54, 1.807) is 0 Å². The Hall–Kier alpha value is -1.57. The summed E-state index contributed by atoms with van der Waals surface area (Å²) in [5, 5.41) is 0. The highest BCUT2D eigenvalue weighted by Crippen LogP contribution is 2.62. The lowest BCUT2D eigenvalue weighted by molar-refractivity contribution is -0.145. The molecule has 0 aliphatic heterocycles. The number of carbonyl (C=O) groups excluding carboxylic acids is 1. The van der Waals surface area contributed by atoms with Gasteiger partial charge in [0.1, 0.15) is 0 Å². The van der Waals surface area contributed by atoms with Gasteiger partial charge in [0.05, 0.1) is 12.5 Å². The molecule has 92 valence electrons. The summed E-state index contributed by atoms with van der Waals surface area (Å²) in [4.78, 5) is 11.9. The molecule has 2 heteroatoms. The van der Waals surface area contributed by atoms with Crippen molar-refractivity contribution < 1.29 is 9.53 Å². The summed E-state index contributed by atoms with van der Waals surface area (Å²) in [6.45, 7) is 2.36. The smallest absolute Gasteiger partial charge is 0.310 e. The molecule has 0 heterocycles. The molecule has 2 nitrogen and oxygen atoms in total. The van der Waals surface area contributed by atoms with E-state index in [1.807, 2.05) is 6.92 Å². The Labute approximate surface area is 107 Å². The highest BCUT2D eigenvalue weighted by atomic mass is 16.5. The quantitative estimate of drug-likeness (QED) is 0.743. The van der Waals surface area contributed by atoms with Crippen LogP contribution in [-0.4, -0.2) is 12.6 Å². The van der Waals surface area contributed by atoms with Crippen LogP contribution in [0.3, 0.4) is 0 Å². The van der Waals surface area contributed by atoms with Gasteiger partial charge in [0.2, 0.25) is 0 Å². The molecular weight excluding hydrogens is 224 g/mol. The summed E-state index contributed by atoms with van der Waals surface area (Å²) >= 11 is 0. The fraction of sp³-hybridized carbons (Fsp3) is 0.438. The van der Waals surface area contributed by atoms with Gasteiger partial charge in [0.25, 0.3) is 0 Å². The Kier molecular flexibility index (Phi) is 2.00. The third-order valence-electron chi connectivity index (χ3n) is 4.55. The maximum absolute atomic E-state index is 11.9. The Morgan fingerprint density at radius 2 is 2.28 bits per heavy atom. The highest BCUT2D eigenvalue weighted by molar-refractivity contribution is 5.86. The Bertz CT molecular complexity index is 570. The van der Waals surface area contributed by atoms with E-state index in [9.17, 15) is 4.79 Å². The maximum Gasteiger partial charge on any atom is 0.310 e. The average Bonchev–Trinajstić information content (AvgIpc) is 2.96. The molecule has 0 unspecified atom stereocenters. The van der Waals surface area contributed by atoms with E-state index in [2.05, 4.69) is 24.3 Å². The van der Waals surface area contributed by atoms with Gasteiger partial charge in [-0.25, -0.2) is 0 Å². The fourth-order valence-corrected chi connectivity index (χ4v) is 3.78. The first-order valence-electron chi connectivity index (χ1n) is 6.80. The van der Waals surface area contributed by atoms with E-state index in [1.165, 1.54) is 28.7 Å². The topological polar surface area (TPSA) is 26.3 Å². The number of hydrogen-bond acceptors (Lipinski definition) is 2. The third kappa shape index (κ3) is 1.21. The van der Waals surface area contributed by atoms with Gasteiger partial charge in [0.15, 0.2) is 0 Å². The SMILES string of the molecule is CCOC(=O)[C@@H]1[C@@H]2C=C3CCc4cccc(c43)[C@@H]21. The van der Waals surface area contributed by atoms with Gasteiger partial charge in [-0.05, 0) is 47.9 Å². The minimum Gasteiger partial charge on any atom is -0.466 e. The molecule has 4 rings (SSSR count). The van der Waals surface area contributed by atoms with E-state index in [0.717, 1.165) is 6.42 Å². The number of ether oxygens (including phenoxy) is 1. The number of rotatable bonds is 2. The van der Waals surface area contributed by atoms with Crippen molar-refractivity contribution in [3.63, 3.8) is 0 Å². The Morgan fingerprint density at radius 3 is 3.11 bits per heavy atom. The third-order valence-corrected chi connectivity index (χ3v) is 4.55. The fourth-order valence-electron chi connectivity index (χ4n) is 3.78. The van der Waals surface area contributed by atoms with Crippen molar-refractivity contribution in [3.8, 4) is 0 Å². The van der Waals surface area contributed by atoms with Crippen molar-refractivity contribution in [2.24, 2.45) is 11.8 Å². The Morgan fingerprint density at radius 1 is 1.39 bits per heavy atom. The molecule has 1 fully saturated rings. The summed E-state index contributed by atoms with van der Waals surface area (Å²) in [5.41, 5.74) is 5.77. The first kappa shape index (κ1) is 10.4. The second-order valence-corrected chi connectivity index (χ2v) is 5.45. The zero-order valence-electron chi connectivity index (χ0n) is 10.5. The largest absolute Gasteiger partial charge is 0.466 e. The zero-order valence-corrected chi connectivity index (χ0v) is 10.5. The summed E-state index contributed by atoms with van der Waals surface area (Å²) in [6.07, 6.45) is 4.65. The normalized spacial score (nSPS) is 30.3. The first-order chi connectivity index (χ1) is 8.81. The molecule has 3 atom stereocenters. The molecular formula is C16H16O2. The summed E-state index contributed by atoms with van der Waals surface area (Å²) in [5.74, 6) is 0.859. The molecule has 0 bridgehead atoms. The van der Waals surface area contributed by atoms with E-state index in [-0.39, 0.29) is 11.9 Å². The van der Waals surface area contributed by atoms with Crippen molar-refractivity contribution >= 4 is 11.5 Å². The van der Waals surface area contributed by atoms with Crippen LogP contribution in [0.4, 0.5) is 0 Å². The second-order valence-electron chi connectivity index (χ2n) is 5.45. The van der Waals surface area contributed by atoms with Crippen molar-refractivity contribution in [1.82, 2.24) is 0 Å². The van der Waals surface area contributed by atoms with Gasteiger partial charge in [-0.3, -0.25) is 4.79 Å². The number of fused-ring (bicyclic) bond motifs is 2. The molecule has 3 aliphatic rings. The number of esters is 1. The molecule has 0 aromatic heterocycles. The highest BCUT2D eigenvalue weighted by Gasteiger charge is 2.58. The number of allylic oxidation sites excluding steroid dienone is 2. The van der Waals surface area contributed by atoms with Crippen LogP contribution in [0.1, 0.15) is 36.0 Å². The zero-order chi connectivity index (χ0) is 12.3. The lowest BCUT2D eigenvalue weighted by atomic mass is 9.91. The number of hydrogen-bond donors (Lipinski definition) is 0. The van der Waals surface area contributed by atoms with Gasteiger partial charge in [-0.15, -0.1) is 0 Å². The van der Waals surface area contributed by atoms with Crippen LogP contribution in [-0.2, 0) is 16.0 Å². The maximum atomic E-state index is 11.9. The first-order valence-corrected chi connectivity index (χ1v) is 6.80. The van der Waals surface area contributed by atoms with Crippen LogP contribution in [0.5, 0.6) is 0 Å². The minimum absolute atomic E-state index is 0.0121. The summed E-state index contributed by atoms with van der Waals surface area (Å²) in [6, 6.07) is 6.57. The molecule has 18 heavy (non-hydrogen) atoms. The van der Waals surface area contributed by atoms with E-state index < -0.39 is 0 Å². The minimum atomic E-state index is -0.0121. The van der Waals surface area contributed by atoms with Crippen LogP contribution in [0.2, 0.25) is 0 Å². The monoisotopic (exact) mass is 240 g/mol.